The van der Waals surface area contributed by atoms with Crippen molar-refractivity contribution >= 4 is 12.6 Å². The van der Waals surface area contributed by atoms with E-state index in [4.69, 9.17) is 10.0 Å². The molecule has 2 rings (SSSR count). The Kier molecular flexibility index (Phi) is 2.81. The molecule has 1 fully saturated rings. The third kappa shape index (κ3) is 1.95. The molecule has 2 heterocycles. The summed E-state index contributed by atoms with van der Waals surface area (Å²) in [6.07, 6.45) is 5.50. The van der Waals surface area contributed by atoms with Gasteiger partial charge < -0.3 is 15.4 Å². The van der Waals surface area contributed by atoms with Crippen LogP contribution in [0.5, 0.6) is 0 Å². The van der Waals surface area contributed by atoms with Gasteiger partial charge in [-0.15, -0.1) is 0 Å². The second-order valence-electron chi connectivity index (χ2n) is 3.57. The van der Waals surface area contributed by atoms with Crippen molar-refractivity contribution in [3.8, 4) is 0 Å². The molecule has 0 unspecified atom stereocenters. The van der Waals surface area contributed by atoms with Crippen molar-refractivity contribution in [2.24, 2.45) is 0 Å². The topological polar surface area (TPSA) is 65.4 Å². The van der Waals surface area contributed by atoms with E-state index in [1.807, 2.05) is 0 Å². The molecule has 0 radical (unpaired) electrons. The van der Waals surface area contributed by atoms with Crippen LogP contribution < -0.4 is 10.8 Å². The third-order valence-electron chi connectivity index (χ3n) is 2.54. The van der Waals surface area contributed by atoms with Gasteiger partial charge in [0.05, 0.1) is 0 Å². The minimum Gasteiger partial charge on any atom is -0.423 e. The summed E-state index contributed by atoms with van der Waals surface area (Å²) in [6, 6.07) is 2.11. The number of aromatic nitrogens is 1. The maximum absolute atomic E-state index is 8.99. The normalized spacial score (nSPS) is 21.1. The molecule has 1 atom stereocenters. The molecule has 0 aromatic carbocycles. The fraction of sp³-hybridized carbons (Fsp3) is 0.444. The molecule has 74 valence electrons. The Labute approximate surface area is 83.1 Å². The lowest BCUT2D eigenvalue weighted by molar-refractivity contribution is 0.425. The van der Waals surface area contributed by atoms with E-state index in [1.54, 1.807) is 12.3 Å². The molecule has 0 amide bonds. The first-order valence-electron chi connectivity index (χ1n) is 4.82. The van der Waals surface area contributed by atoms with E-state index in [9.17, 15) is 0 Å². The zero-order valence-electron chi connectivity index (χ0n) is 7.85. The van der Waals surface area contributed by atoms with Crippen LogP contribution in [0.15, 0.2) is 18.5 Å². The highest BCUT2D eigenvalue weighted by Crippen LogP contribution is 2.21. The molecular formula is C9H13BN2O2. The van der Waals surface area contributed by atoms with Crippen molar-refractivity contribution < 1.29 is 10.0 Å². The maximum atomic E-state index is 8.99. The van der Waals surface area contributed by atoms with Crippen molar-refractivity contribution in [1.82, 2.24) is 10.3 Å². The Balaban J connectivity index is 2.21. The monoisotopic (exact) mass is 192 g/mol. The number of pyridine rings is 1. The molecule has 0 spiro atoms. The number of hydrogen-bond donors (Lipinski definition) is 3. The fourth-order valence-corrected chi connectivity index (χ4v) is 1.78. The molecule has 0 saturated carbocycles. The standard InChI is InChI=1S/C9H13BN2O2/c13-10(14)8-4-7(5-11-6-8)9-2-1-3-12-9/h4-6,9,12-14H,1-3H2/t9-/m1/s1. The van der Waals surface area contributed by atoms with E-state index in [-0.39, 0.29) is 0 Å². The van der Waals surface area contributed by atoms with Crippen LogP contribution in [0.25, 0.3) is 0 Å². The fourth-order valence-electron chi connectivity index (χ4n) is 1.78. The molecule has 0 bridgehead atoms. The average Bonchev–Trinajstić information content (AvgIpc) is 2.71. The highest BCUT2D eigenvalue weighted by Gasteiger charge is 2.18. The van der Waals surface area contributed by atoms with Crippen LogP contribution >= 0.6 is 0 Å². The first-order chi connectivity index (χ1) is 6.77. The molecule has 14 heavy (non-hydrogen) atoms. The molecule has 1 saturated heterocycles. The second kappa shape index (κ2) is 4.08. The zero-order valence-corrected chi connectivity index (χ0v) is 7.85. The van der Waals surface area contributed by atoms with Gasteiger partial charge in [0.15, 0.2) is 0 Å². The first-order valence-corrected chi connectivity index (χ1v) is 4.82. The molecule has 4 nitrogen and oxygen atoms in total. The Morgan fingerprint density at radius 1 is 1.43 bits per heavy atom. The molecule has 1 aromatic heterocycles. The minimum absolute atomic E-state index is 0.321. The van der Waals surface area contributed by atoms with E-state index in [0.29, 0.717) is 11.5 Å². The van der Waals surface area contributed by atoms with Gasteiger partial charge in [-0.25, -0.2) is 0 Å². The summed E-state index contributed by atoms with van der Waals surface area (Å²) >= 11 is 0. The third-order valence-corrected chi connectivity index (χ3v) is 2.54. The van der Waals surface area contributed by atoms with Crippen LogP contribution in [-0.2, 0) is 0 Å². The number of nitrogens with zero attached hydrogens (tertiary/aromatic N) is 1. The van der Waals surface area contributed by atoms with Gasteiger partial charge >= 0.3 is 7.12 Å². The van der Waals surface area contributed by atoms with Crippen molar-refractivity contribution in [3.05, 3.63) is 24.0 Å². The highest BCUT2D eigenvalue weighted by molar-refractivity contribution is 6.58. The minimum atomic E-state index is -1.43. The van der Waals surface area contributed by atoms with Crippen LogP contribution in [0.4, 0.5) is 0 Å². The second-order valence-corrected chi connectivity index (χ2v) is 3.57. The van der Waals surface area contributed by atoms with E-state index in [1.165, 1.54) is 6.20 Å². The molecule has 1 aliphatic rings. The quantitative estimate of drug-likeness (QED) is 0.536. The lowest BCUT2D eigenvalue weighted by Crippen LogP contribution is -2.31. The van der Waals surface area contributed by atoms with Gasteiger partial charge in [0.2, 0.25) is 0 Å². The summed E-state index contributed by atoms with van der Waals surface area (Å²) in [4.78, 5) is 3.99. The predicted octanol–water partition coefficient (Wildman–Crippen LogP) is -0.814. The van der Waals surface area contributed by atoms with E-state index < -0.39 is 7.12 Å². The van der Waals surface area contributed by atoms with Crippen LogP contribution in [0.1, 0.15) is 24.4 Å². The smallest absolute Gasteiger partial charge is 0.423 e. The van der Waals surface area contributed by atoms with Crippen molar-refractivity contribution in [2.45, 2.75) is 18.9 Å². The SMILES string of the molecule is OB(O)c1cncc([C@H]2CCCN2)c1. The van der Waals surface area contributed by atoms with Crippen LogP contribution in [0.3, 0.4) is 0 Å². The molecular weight excluding hydrogens is 179 g/mol. The van der Waals surface area contributed by atoms with Gasteiger partial charge in [0.1, 0.15) is 0 Å². The summed E-state index contributed by atoms with van der Waals surface area (Å²) in [6.45, 7) is 1.02. The molecule has 0 aliphatic carbocycles. The first kappa shape index (κ1) is 9.64. The molecule has 5 heteroatoms. The van der Waals surface area contributed by atoms with Crippen molar-refractivity contribution in [2.75, 3.05) is 6.54 Å². The van der Waals surface area contributed by atoms with Gasteiger partial charge in [-0.2, -0.15) is 0 Å². The Hall–Kier alpha value is -0.905. The predicted molar refractivity (Wildman–Crippen MR) is 54.0 cm³/mol. The summed E-state index contributed by atoms with van der Waals surface area (Å²) in [5.74, 6) is 0. The Bertz CT molecular complexity index is 313. The van der Waals surface area contributed by atoms with Crippen molar-refractivity contribution in [1.29, 1.82) is 0 Å². The lowest BCUT2D eigenvalue weighted by Gasteiger charge is -2.10. The molecule has 3 N–H and O–H groups in total. The highest BCUT2D eigenvalue weighted by atomic mass is 16.4. The molecule has 1 aromatic rings. The molecule has 1 aliphatic heterocycles. The van der Waals surface area contributed by atoms with Crippen molar-refractivity contribution in [3.63, 3.8) is 0 Å². The van der Waals surface area contributed by atoms with Gasteiger partial charge in [0.25, 0.3) is 0 Å². The van der Waals surface area contributed by atoms with Gasteiger partial charge in [-0.1, -0.05) is 6.07 Å². The zero-order chi connectivity index (χ0) is 9.97. The average molecular weight is 192 g/mol. The maximum Gasteiger partial charge on any atom is 0.490 e. The van der Waals surface area contributed by atoms with E-state index in [0.717, 1.165) is 24.9 Å². The number of rotatable bonds is 2. The summed E-state index contributed by atoms with van der Waals surface area (Å²) in [5, 5.41) is 21.3. The largest absolute Gasteiger partial charge is 0.490 e. The number of nitrogens with one attached hydrogen (secondary N) is 1. The van der Waals surface area contributed by atoms with Gasteiger partial charge in [-0.3, -0.25) is 4.98 Å². The number of hydrogen-bond acceptors (Lipinski definition) is 4. The van der Waals surface area contributed by atoms with Crippen LogP contribution in [-0.4, -0.2) is 28.7 Å². The van der Waals surface area contributed by atoms with E-state index in [2.05, 4.69) is 10.3 Å². The van der Waals surface area contributed by atoms with Gasteiger partial charge in [0, 0.05) is 23.9 Å². The van der Waals surface area contributed by atoms with Crippen LogP contribution in [0, 0.1) is 0 Å². The van der Waals surface area contributed by atoms with E-state index >= 15 is 0 Å². The summed E-state index contributed by atoms with van der Waals surface area (Å²) in [7, 11) is -1.43. The Morgan fingerprint density at radius 2 is 2.29 bits per heavy atom. The summed E-state index contributed by atoms with van der Waals surface area (Å²) in [5.41, 5.74) is 1.49. The van der Waals surface area contributed by atoms with Crippen LogP contribution in [0.2, 0.25) is 0 Å². The summed E-state index contributed by atoms with van der Waals surface area (Å²) < 4.78 is 0. The Morgan fingerprint density at radius 3 is 2.93 bits per heavy atom. The van der Waals surface area contributed by atoms with Gasteiger partial charge in [-0.05, 0) is 24.9 Å². The lowest BCUT2D eigenvalue weighted by atomic mass is 9.80.